The van der Waals surface area contributed by atoms with Crippen LogP contribution in [-0.2, 0) is 16.0 Å². The Balaban J connectivity index is 1.66. The summed E-state index contributed by atoms with van der Waals surface area (Å²) in [5.74, 6) is 0.235. The van der Waals surface area contributed by atoms with Crippen LogP contribution in [0.3, 0.4) is 0 Å². The highest BCUT2D eigenvalue weighted by Gasteiger charge is 2.43. The van der Waals surface area contributed by atoms with Crippen LogP contribution < -0.4 is 10.1 Å². The fourth-order valence-electron chi connectivity index (χ4n) is 5.14. The minimum Gasteiger partial charge on any atom is -0.482 e. The number of para-hydroxylation sites is 1. The predicted octanol–water partition coefficient (Wildman–Crippen LogP) is 3.22. The molecule has 1 fully saturated rings. The summed E-state index contributed by atoms with van der Waals surface area (Å²) in [5.41, 5.74) is 1.36. The smallest absolute Gasteiger partial charge is 0.247 e. The molecule has 0 heterocycles. The molecule has 2 aliphatic rings. The summed E-state index contributed by atoms with van der Waals surface area (Å²) >= 11 is 2.17. The number of aliphatic hydroxyl groups excluding tert-OH is 2. The maximum Gasteiger partial charge on any atom is 0.247 e. The van der Waals surface area contributed by atoms with E-state index in [1.54, 1.807) is 6.08 Å². The normalized spacial score (nSPS) is 22.1. The molecule has 4 rings (SSSR count). The number of carbonyl (C=O) groups excluding carboxylic acids is 2. The van der Waals surface area contributed by atoms with Crippen LogP contribution >= 0.6 is 22.6 Å². The average molecular weight is 604 g/mol. The number of amides is 2. The minimum atomic E-state index is -1.00. The molecule has 2 aromatic carbocycles. The number of hydrogen-bond acceptors (Lipinski definition) is 5. The first-order valence-electron chi connectivity index (χ1n) is 12.5. The summed E-state index contributed by atoms with van der Waals surface area (Å²) in [6.07, 6.45) is 4.13. The number of nitrogens with one attached hydrogen (secondary N) is 1. The molecule has 0 unspecified atom stereocenters. The molecule has 2 aliphatic carbocycles. The highest BCUT2D eigenvalue weighted by molar-refractivity contribution is 14.1. The third kappa shape index (κ3) is 6.46. The Kier molecular flexibility index (Phi) is 9.39. The number of nitrogens with zero attached hydrogens (tertiary/aromatic N) is 1. The molecule has 8 heteroatoms. The summed E-state index contributed by atoms with van der Waals surface area (Å²) in [5, 5.41) is 23.5. The Labute approximate surface area is 225 Å². The Morgan fingerprint density at radius 2 is 1.75 bits per heavy atom. The second kappa shape index (κ2) is 12.7. The fourth-order valence-corrected chi connectivity index (χ4v) is 5.65. The fraction of sp³-hybridized carbons (Fsp3) is 0.429. The molecule has 7 nitrogen and oxygen atoms in total. The van der Waals surface area contributed by atoms with Gasteiger partial charge < -0.3 is 25.2 Å². The van der Waals surface area contributed by atoms with Crippen LogP contribution in [0.4, 0.5) is 0 Å². The van der Waals surface area contributed by atoms with E-state index in [9.17, 15) is 19.8 Å². The van der Waals surface area contributed by atoms with Gasteiger partial charge in [0.05, 0.1) is 22.6 Å². The first-order chi connectivity index (χ1) is 17.5. The highest BCUT2D eigenvalue weighted by Crippen LogP contribution is 2.34. The third-order valence-corrected chi connectivity index (χ3v) is 7.77. The molecule has 3 N–H and O–H groups in total. The largest absolute Gasteiger partial charge is 0.482 e. The molecule has 0 saturated heterocycles. The number of carbonyl (C=O) groups is 2. The van der Waals surface area contributed by atoms with Gasteiger partial charge in [-0.1, -0.05) is 55.3 Å². The first kappa shape index (κ1) is 26.6. The lowest BCUT2D eigenvalue weighted by molar-refractivity contribution is -0.141. The second-order valence-electron chi connectivity index (χ2n) is 9.35. The Morgan fingerprint density at radius 3 is 2.44 bits per heavy atom. The van der Waals surface area contributed by atoms with Crippen molar-refractivity contribution in [2.45, 2.75) is 62.8 Å². The predicted molar refractivity (Wildman–Crippen MR) is 145 cm³/mol. The zero-order chi connectivity index (χ0) is 25.5. The minimum absolute atomic E-state index is 0.0122. The molecule has 0 aromatic heterocycles. The Morgan fingerprint density at radius 1 is 1.06 bits per heavy atom. The molecule has 1 saturated carbocycles. The summed E-state index contributed by atoms with van der Waals surface area (Å²) in [6.45, 7) is -0.0399. The monoisotopic (exact) mass is 604 g/mol. The van der Waals surface area contributed by atoms with Crippen molar-refractivity contribution >= 4 is 34.4 Å². The van der Waals surface area contributed by atoms with Gasteiger partial charge in [-0.05, 0) is 59.2 Å². The molecular formula is C28H33IN2O5. The van der Waals surface area contributed by atoms with Gasteiger partial charge >= 0.3 is 0 Å². The molecule has 36 heavy (non-hydrogen) atoms. The zero-order valence-corrected chi connectivity index (χ0v) is 22.3. The van der Waals surface area contributed by atoms with Crippen molar-refractivity contribution in [1.82, 2.24) is 10.2 Å². The van der Waals surface area contributed by atoms with E-state index in [4.69, 9.17) is 4.74 Å². The molecule has 0 aliphatic heterocycles. The SMILES string of the molecule is O=C(NCCO)C1=C[C@H](Oc2ccccc2I)[C@@H](O)[C@H](N(C(=O)Cc2ccccc2)C2CCCC2)C1. The Hall–Kier alpha value is -2.43. The second-order valence-corrected chi connectivity index (χ2v) is 10.5. The number of hydrogen-bond donors (Lipinski definition) is 3. The van der Waals surface area contributed by atoms with Gasteiger partial charge in [-0.3, -0.25) is 9.59 Å². The maximum absolute atomic E-state index is 13.7. The van der Waals surface area contributed by atoms with Gasteiger partial charge in [0.25, 0.3) is 0 Å². The third-order valence-electron chi connectivity index (χ3n) is 6.88. The van der Waals surface area contributed by atoms with Crippen molar-refractivity contribution in [3.05, 3.63) is 75.4 Å². The number of ether oxygens (including phenoxy) is 1. The van der Waals surface area contributed by atoms with Crippen molar-refractivity contribution in [2.24, 2.45) is 0 Å². The van der Waals surface area contributed by atoms with E-state index in [1.165, 1.54) is 0 Å². The summed E-state index contributed by atoms with van der Waals surface area (Å²) in [7, 11) is 0. The lowest BCUT2D eigenvalue weighted by Crippen LogP contribution is -2.58. The van der Waals surface area contributed by atoms with Crippen molar-refractivity contribution in [3.8, 4) is 5.75 Å². The van der Waals surface area contributed by atoms with E-state index in [0.717, 1.165) is 34.8 Å². The van der Waals surface area contributed by atoms with Crippen molar-refractivity contribution in [3.63, 3.8) is 0 Å². The van der Waals surface area contributed by atoms with E-state index in [-0.39, 0.29) is 43.8 Å². The van der Waals surface area contributed by atoms with Gasteiger partial charge in [0.2, 0.25) is 11.8 Å². The van der Waals surface area contributed by atoms with Crippen LogP contribution in [0.5, 0.6) is 5.75 Å². The van der Waals surface area contributed by atoms with E-state index < -0.39 is 18.2 Å². The molecular weight excluding hydrogens is 571 g/mol. The topological polar surface area (TPSA) is 99.1 Å². The lowest BCUT2D eigenvalue weighted by Gasteiger charge is -2.43. The zero-order valence-electron chi connectivity index (χ0n) is 20.2. The lowest BCUT2D eigenvalue weighted by atomic mass is 9.87. The summed E-state index contributed by atoms with van der Waals surface area (Å²) < 4.78 is 7.11. The Bertz CT molecular complexity index is 1070. The molecule has 2 aromatic rings. The van der Waals surface area contributed by atoms with Gasteiger partial charge in [-0.25, -0.2) is 0 Å². The van der Waals surface area contributed by atoms with Crippen LogP contribution in [0.1, 0.15) is 37.7 Å². The maximum atomic E-state index is 13.7. The van der Waals surface area contributed by atoms with Crippen LogP contribution in [0, 0.1) is 3.57 Å². The average Bonchev–Trinajstić information content (AvgIpc) is 3.41. The van der Waals surface area contributed by atoms with E-state index in [1.807, 2.05) is 59.5 Å². The summed E-state index contributed by atoms with van der Waals surface area (Å²) in [4.78, 5) is 28.5. The van der Waals surface area contributed by atoms with Gasteiger partial charge in [0.15, 0.2) is 0 Å². The van der Waals surface area contributed by atoms with Crippen LogP contribution in [0.15, 0.2) is 66.2 Å². The van der Waals surface area contributed by atoms with Gasteiger partial charge in [-0.2, -0.15) is 0 Å². The summed E-state index contributed by atoms with van der Waals surface area (Å²) in [6, 6.07) is 16.5. The molecule has 0 spiro atoms. The number of halogens is 1. The van der Waals surface area contributed by atoms with E-state index >= 15 is 0 Å². The molecule has 0 radical (unpaired) electrons. The van der Waals surface area contributed by atoms with Crippen LogP contribution in [0.2, 0.25) is 0 Å². The number of rotatable bonds is 9. The van der Waals surface area contributed by atoms with Gasteiger partial charge in [-0.15, -0.1) is 0 Å². The number of aliphatic hydroxyl groups is 2. The van der Waals surface area contributed by atoms with E-state index in [2.05, 4.69) is 27.9 Å². The van der Waals surface area contributed by atoms with Gasteiger partial charge in [0, 0.05) is 24.6 Å². The van der Waals surface area contributed by atoms with Crippen molar-refractivity contribution in [2.75, 3.05) is 13.2 Å². The van der Waals surface area contributed by atoms with E-state index in [0.29, 0.717) is 11.3 Å². The number of benzene rings is 2. The quantitative estimate of drug-likeness (QED) is 0.382. The van der Waals surface area contributed by atoms with Crippen molar-refractivity contribution < 1.29 is 24.5 Å². The van der Waals surface area contributed by atoms with Crippen LogP contribution in [-0.4, -0.2) is 64.4 Å². The highest BCUT2D eigenvalue weighted by atomic mass is 127. The first-order valence-corrected chi connectivity index (χ1v) is 13.6. The molecule has 192 valence electrons. The van der Waals surface area contributed by atoms with Gasteiger partial charge in [0.1, 0.15) is 18.0 Å². The molecule has 3 atom stereocenters. The molecule has 2 amide bonds. The van der Waals surface area contributed by atoms with Crippen LogP contribution in [0.25, 0.3) is 0 Å². The molecule has 0 bridgehead atoms. The van der Waals surface area contributed by atoms with Crippen molar-refractivity contribution in [1.29, 1.82) is 0 Å². The standard InChI is InChI=1S/C28H33IN2O5/c29-22-12-6-7-13-24(22)36-25-18-20(28(35)30-14-15-32)17-23(27(25)34)31(21-10-4-5-11-21)26(33)16-19-8-2-1-3-9-19/h1-3,6-9,12-13,18,21,23,25,27,32,34H,4-5,10-11,14-17H2,(H,30,35)/t23-,25+,27+/m1/s1.